The van der Waals surface area contributed by atoms with Gasteiger partial charge in [0.25, 0.3) is 0 Å². The molecule has 6 rings (SSSR count). The number of piperazine rings is 1. The van der Waals surface area contributed by atoms with Gasteiger partial charge in [0.15, 0.2) is 0 Å². The van der Waals surface area contributed by atoms with Crippen LogP contribution in [0.4, 0.5) is 5.69 Å². The second-order valence-electron chi connectivity index (χ2n) is 10.4. The van der Waals surface area contributed by atoms with E-state index in [0.717, 1.165) is 78.4 Å². The van der Waals surface area contributed by atoms with E-state index in [0.29, 0.717) is 12.5 Å². The molecule has 1 aliphatic carbocycles. The molecule has 0 saturated carbocycles. The molecule has 2 aromatic carbocycles. The first-order valence-electron chi connectivity index (χ1n) is 13.7. The average molecular weight is 770 g/mol. The van der Waals surface area contributed by atoms with Crippen LogP contribution in [0, 0.1) is 50.5 Å². The van der Waals surface area contributed by atoms with Crippen molar-refractivity contribution >= 4 is 22.7 Å². The number of anilines is 1. The number of fused-ring (bicyclic) bond motifs is 1. The minimum absolute atomic E-state index is 0. The summed E-state index contributed by atoms with van der Waals surface area (Å²) in [7, 11) is 2.20. The number of nitrogens with one attached hydrogen (secondary N) is 2. The first-order valence-corrected chi connectivity index (χ1v) is 13.7. The van der Waals surface area contributed by atoms with Crippen molar-refractivity contribution in [2.24, 2.45) is 5.92 Å². The van der Waals surface area contributed by atoms with Crippen LogP contribution in [0.1, 0.15) is 17.8 Å². The van der Waals surface area contributed by atoms with Crippen LogP contribution in [0.5, 0.6) is 0 Å². The first kappa shape index (κ1) is 30.9. The molecule has 2 N–H and O–H groups in total. The third-order valence-electron chi connectivity index (χ3n) is 7.51. The average Bonchev–Trinajstić information content (AvgIpc) is 3.40. The van der Waals surface area contributed by atoms with Crippen molar-refractivity contribution in [2.75, 3.05) is 45.1 Å². The molecule has 1 fully saturated rings. The van der Waals surface area contributed by atoms with Gasteiger partial charge < -0.3 is 17.6 Å². The fourth-order valence-electron chi connectivity index (χ4n) is 5.10. The van der Waals surface area contributed by atoms with Crippen molar-refractivity contribution < 1.29 is 31.1 Å². The van der Waals surface area contributed by atoms with Crippen molar-refractivity contribution in [2.45, 2.75) is 13.0 Å². The summed E-state index contributed by atoms with van der Waals surface area (Å²) in [6.45, 7) is 6.31. The zero-order valence-electron chi connectivity index (χ0n) is 23.8. The molecule has 4 aromatic rings. The van der Waals surface area contributed by atoms with Crippen LogP contribution in [0.2, 0.25) is 0 Å². The monoisotopic (exact) mass is 769 g/mol. The number of nitrogens with zero attached hydrogens (tertiary/aromatic N) is 5. The standard InChI is InChI=1S/C32H34N7.CH3.U/c1-38-15-17-39(18-16-38)22-25-9-7-24(8-10-25)11-14-30-29-13-12-26(19-32(29)37-36-30)31-20-28(34-23-35-31)21-33-27-5-3-2-4-6-27;;/h2-3,5-7,9-14,19-20,23-24,33H,8,15-18,21-22H2,1H3,(H,36,37);1H3;/q2*-1;+2/b14-11+;;. The van der Waals surface area contributed by atoms with Gasteiger partial charge in [-0.15, -0.1) is 0 Å². The Morgan fingerprint density at radius 3 is 2.78 bits per heavy atom. The number of hydrogen-bond acceptors (Lipinski definition) is 6. The molecule has 208 valence electrons. The van der Waals surface area contributed by atoms with E-state index >= 15 is 0 Å². The smallest absolute Gasteiger partial charge is 0.432 e. The van der Waals surface area contributed by atoms with Gasteiger partial charge in [0.1, 0.15) is 6.33 Å². The molecule has 1 saturated heterocycles. The van der Waals surface area contributed by atoms with Gasteiger partial charge in [-0.3, -0.25) is 10.00 Å². The first-order chi connectivity index (χ1) is 19.2. The maximum Gasteiger partial charge on any atom is 2.00 e. The molecule has 0 radical (unpaired) electrons. The van der Waals surface area contributed by atoms with E-state index in [2.05, 4.69) is 97.0 Å². The zero-order valence-corrected chi connectivity index (χ0v) is 28.0. The Hall–Kier alpha value is -3.02. The van der Waals surface area contributed by atoms with E-state index in [-0.39, 0.29) is 38.5 Å². The molecule has 7 nitrogen and oxygen atoms in total. The van der Waals surface area contributed by atoms with E-state index in [1.165, 1.54) is 5.57 Å². The van der Waals surface area contributed by atoms with Crippen molar-refractivity contribution in [1.29, 1.82) is 0 Å². The summed E-state index contributed by atoms with van der Waals surface area (Å²) >= 11 is 0. The van der Waals surface area contributed by atoms with Crippen LogP contribution in [0.15, 0.2) is 84.7 Å². The summed E-state index contributed by atoms with van der Waals surface area (Å²) in [4.78, 5) is 13.9. The molecule has 0 bridgehead atoms. The SMILES string of the molecule is CN1CCN(CC2=CCC(/C=C/c3n[nH]c4cc(-c5cc(CNc6c[c-]ccc6)ncn5)ccc34)C=C2)CC1.[CH3-].[U+2]. The number of aromatic amines is 1. The van der Waals surface area contributed by atoms with Crippen LogP contribution in [0.25, 0.3) is 28.2 Å². The van der Waals surface area contributed by atoms with Gasteiger partial charge in [0, 0.05) is 50.2 Å². The van der Waals surface area contributed by atoms with Crippen molar-refractivity contribution in [3.8, 4) is 11.3 Å². The Labute approximate surface area is 267 Å². The number of likely N-dealkylation sites (N-methyl/N-ethyl adjacent to an activating group) is 1. The van der Waals surface area contributed by atoms with Crippen LogP contribution < -0.4 is 5.32 Å². The number of rotatable bonds is 8. The van der Waals surface area contributed by atoms with Crippen molar-refractivity contribution in [3.05, 3.63) is 110 Å². The van der Waals surface area contributed by atoms with Crippen LogP contribution >= 0.6 is 0 Å². The molecule has 8 heteroatoms. The van der Waals surface area contributed by atoms with Crippen LogP contribution in [-0.4, -0.2) is 69.7 Å². The fraction of sp³-hybridized carbons (Fsp3) is 0.273. The number of benzene rings is 2. The molecule has 1 atom stereocenters. The quantitative estimate of drug-likeness (QED) is 0.226. The molecule has 1 unspecified atom stereocenters. The van der Waals surface area contributed by atoms with E-state index in [4.69, 9.17) is 0 Å². The fourth-order valence-corrected chi connectivity index (χ4v) is 5.10. The number of allylic oxidation sites excluding steroid dienone is 3. The summed E-state index contributed by atoms with van der Waals surface area (Å²) in [6, 6.07) is 19.2. The topological polar surface area (TPSA) is 73.0 Å². The van der Waals surface area contributed by atoms with Gasteiger partial charge >= 0.3 is 31.1 Å². The number of H-pyrrole nitrogens is 1. The molecule has 41 heavy (non-hydrogen) atoms. The molecule has 0 amide bonds. The third kappa shape index (κ3) is 8.05. The Morgan fingerprint density at radius 1 is 1.12 bits per heavy atom. The molecule has 0 spiro atoms. The van der Waals surface area contributed by atoms with Gasteiger partial charge in [-0.05, 0) is 49.2 Å². The second kappa shape index (κ2) is 14.7. The summed E-state index contributed by atoms with van der Waals surface area (Å²) in [5, 5.41) is 12.3. The predicted octanol–water partition coefficient (Wildman–Crippen LogP) is 5.65. The Bertz CT molecular complexity index is 1500. The van der Waals surface area contributed by atoms with E-state index in [9.17, 15) is 0 Å². The van der Waals surface area contributed by atoms with E-state index < -0.39 is 0 Å². The normalized spacial score (nSPS) is 17.7. The van der Waals surface area contributed by atoms with Gasteiger partial charge in [-0.2, -0.15) is 35.4 Å². The van der Waals surface area contributed by atoms with Crippen LogP contribution in [0.3, 0.4) is 0 Å². The minimum Gasteiger partial charge on any atom is -0.432 e. The van der Waals surface area contributed by atoms with E-state index in [1.54, 1.807) is 6.33 Å². The van der Waals surface area contributed by atoms with Crippen molar-refractivity contribution in [1.82, 2.24) is 30.0 Å². The van der Waals surface area contributed by atoms with Gasteiger partial charge in [0.2, 0.25) is 0 Å². The Balaban J connectivity index is 0.00000194. The Kier molecular flexibility index (Phi) is 11.1. The molecule has 1 aliphatic heterocycles. The summed E-state index contributed by atoms with van der Waals surface area (Å²) < 4.78 is 0. The number of hydrogen-bond donors (Lipinski definition) is 2. The van der Waals surface area contributed by atoms with Gasteiger partial charge in [-0.25, -0.2) is 9.97 Å². The summed E-state index contributed by atoms with van der Waals surface area (Å²) in [5.74, 6) is 0.397. The third-order valence-corrected chi connectivity index (χ3v) is 7.51. The van der Waals surface area contributed by atoms with Crippen molar-refractivity contribution in [3.63, 3.8) is 0 Å². The summed E-state index contributed by atoms with van der Waals surface area (Å²) in [5.41, 5.74) is 7.27. The molecule has 2 aromatic heterocycles. The number of aromatic nitrogens is 4. The minimum atomic E-state index is 0. The molecule has 3 heterocycles. The van der Waals surface area contributed by atoms with E-state index in [1.807, 2.05) is 30.3 Å². The maximum atomic E-state index is 4.59. The maximum absolute atomic E-state index is 4.59. The second-order valence-corrected chi connectivity index (χ2v) is 10.4. The summed E-state index contributed by atoms with van der Waals surface area (Å²) in [6.07, 6.45) is 14.1. The molecular formula is C33H37N7U. The Morgan fingerprint density at radius 2 is 2.00 bits per heavy atom. The zero-order chi connectivity index (χ0) is 26.4. The molecule has 2 aliphatic rings. The molecular weight excluding hydrogens is 732 g/mol. The van der Waals surface area contributed by atoms with Crippen LogP contribution in [-0.2, 0) is 6.54 Å². The van der Waals surface area contributed by atoms with Gasteiger partial charge in [-0.1, -0.05) is 36.1 Å². The van der Waals surface area contributed by atoms with Gasteiger partial charge in [0.05, 0.1) is 22.6 Å². The largest absolute Gasteiger partial charge is 2.00 e. The predicted molar refractivity (Wildman–Crippen MR) is 164 cm³/mol.